The Morgan fingerprint density at radius 3 is 2.48 bits per heavy atom. The number of nitrogens with zero attached hydrogens (tertiary/aromatic N) is 3. The highest BCUT2D eigenvalue weighted by Crippen LogP contribution is 2.21. The molecule has 126 valence electrons. The summed E-state index contributed by atoms with van der Waals surface area (Å²) in [4.78, 5) is 35.2. The third-order valence-electron chi connectivity index (χ3n) is 3.99. The number of anilines is 1. The van der Waals surface area contributed by atoms with Crippen LogP contribution in [0.4, 0.5) is 5.82 Å². The molecular weight excluding hydrogens is 292 g/mol. The van der Waals surface area contributed by atoms with Crippen LogP contribution < -0.4 is 5.32 Å². The highest BCUT2D eigenvalue weighted by atomic mass is 16.2. The molecule has 1 aliphatic rings. The van der Waals surface area contributed by atoms with Crippen molar-refractivity contribution < 1.29 is 9.59 Å². The monoisotopic (exact) mass is 318 g/mol. The van der Waals surface area contributed by atoms with Gasteiger partial charge >= 0.3 is 0 Å². The van der Waals surface area contributed by atoms with E-state index in [1.807, 2.05) is 34.6 Å². The number of amides is 2. The SMILES string of the molecule is Cc1cc(NC(=O)C(C(C)C)N2CCCC2=O)nc(C(C)C)n1. The van der Waals surface area contributed by atoms with E-state index < -0.39 is 6.04 Å². The molecule has 2 amide bonds. The third kappa shape index (κ3) is 4.06. The fourth-order valence-electron chi connectivity index (χ4n) is 2.88. The zero-order chi connectivity index (χ0) is 17.1. The van der Waals surface area contributed by atoms with Gasteiger partial charge in [0, 0.05) is 30.6 Å². The van der Waals surface area contributed by atoms with E-state index >= 15 is 0 Å². The first kappa shape index (κ1) is 17.4. The lowest BCUT2D eigenvalue weighted by atomic mass is 10.0. The van der Waals surface area contributed by atoms with E-state index in [0.29, 0.717) is 24.6 Å². The minimum absolute atomic E-state index is 0.0459. The molecule has 1 aromatic rings. The minimum atomic E-state index is -0.456. The van der Waals surface area contributed by atoms with Crippen LogP contribution in [0.5, 0.6) is 0 Å². The van der Waals surface area contributed by atoms with Crippen LogP contribution in [0.2, 0.25) is 0 Å². The lowest BCUT2D eigenvalue weighted by Gasteiger charge is -2.29. The Morgan fingerprint density at radius 2 is 1.96 bits per heavy atom. The molecule has 0 spiro atoms. The van der Waals surface area contributed by atoms with E-state index in [1.54, 1.807) is 11.0 Å². The third-order valence-corrected chi connectivity index (χ3v) is 3.99. The molecule has 0 bridgehead atoms. The van der Waals surface area contributed by atoms with Crippen molar-refractivity contribution in [3.63, 3.8) is 0 Å². The molecule has 0 aromatic carbocycles. The van der Waals surface area contributed by atoms with Crippen molar-refractivity contribution in [3.8, 4) is 0 Å². The molecule has 1 saturated heterocycles. The fourth-order valence-corrected chi connectivity index (χ4v) is 2.88. The second-order valence-electron chi connectivity index (χ2n) is 6.78. The number of likely N-dealkylation sites (tertiary alicyclic amines) is 1. The summed E-state index contributed by atoms with van der Waals surface area (Å²) in [5.74, 6) is 1.32. The molecule has 1 unspecified atom stereocenters. The van der Waals surface area contributed by atoms with Gasteiger partial charge in [-0.1, -0.05) is 27.7 Å². The number of carbonyl (C=O) groups excluding carboxylic acids is 2. The highest BCUT2D eigenvalue weighted by molar-refractivity contribution is 5.97. The van der Waals surface area contributed by atoms with Crippen LogP contribution >= 0.6 is 0 Å². The molecule has 1 fully saturated rings. The second kappa shape index (κ2) is 7.06. The van der Waals surface area contributed by atoms with E-state index in [1.165, 1.54) is 0 Å². The zero-order valence-corrected chi connectivity index (χ0v) is 14.6. The fraction of sp³-hybridized carbons (Fsp3) is 0.647. The molecule has 0 saturated carbocycles. The van der Waals surface area contributed by atoms with Crippen LogP contribution in [0.15, 0.2) is 6.07 Å². The summed E-state index contributed by atoms with van der Waals surface area (Å²) < 4.78 is 0. The summed E-state index contributed by atoms with van der Waals surface area (Å²) >= 11 is 0. The lowest BCUT2D eigenvalue weighted by molar-refractivity contribution is -0.136. The summed E-state index contributed by atoms with van der Waals surface area (Å²) in [5, 5.41) is 2.87. The summed E-state index contributed by atoms with van der Waals surface area (Å²) in [6, 6.07) is 1.30. The first-order valence-corrected chi connectivity index (χ1v) is 8.25. The van der Waals surface area contributed by atoms with Crippen molar-refractivity contribution in [2.24, 2.45) is 5.92 Å². The van der Waals surface area contributed by atoms with Gasteiger partial charge in [0.15, 0.2) is 0 Å². The van der Waals surface area contributed by atoms with Crippen molar-refractivity contribution in [2.45, 2.75) is 59.4 Å². The van der Waals surface area contributed by atoms with E-state index in [-0.39, 0.29) is 23.7 Å². The van der Waals surface area contributed by atoms with Gasteiger partial charge in [0.25, 0.3) is 0 Å². The van der Waals surface area contributed by atoms with Gasteiger partial charge in [-0.3, -0.25) is 9.59 Å². The van der Waals surface area contributed by atoms with E-state index in [4.69, 9.17) is 0 Å². The molecule has 1 atom stereocenters. The van der Waals surface area contributed by atoms with Crippen molar-refractivity contribution in [1.29, 1.82) is 0 Å². The molecule has 2 rings (SSSR count). The molecule has 1 aromatic heterocycles. The molecule has 23 heavy (non-hydrogen) atoms. The van der Waals surface area contributed by atoms with Gasteiger partial charge in [-0.15, -0.1) is 0 Å². The molecular formula is C17H26N4O2. The Kier molecular flexibility index (Phi) is 5.34. The molecule has 1 N–H and O–H groups in total. The number of aromatic nitrogens is 2. The van der Waals surface area contributed by atoms with Gasteiger partial charge in [-0.05, 0) is 19.3 Å². The molecule has 6 nitrogen and oxygen atoms in total. The zero-order valence-electron chi connectivity index (χ0n) is 14.6. The van der Waals surface area contributed by atoms with Gasteiger partial charge in [0.05, 0.1) is 0 Å². The van der Waals surface area contributed by atoms with Crippen molar-refractivity contribution in [3.05, 3.63) is 17.6 Å². The minimum Gasteiger partial charge on any atom is -0.330 e. The first-order valence-electron chi connectivity index (χ1n) is 8.25. The predicted molar refractivity (Wildman–Crippen MR) is 89.1 cm³/mol. The number of hydrogen-bond acceptors (Lipinski definition) is 4. The second-order valence-corrected chi connectivity index (χ2v) is 6.78. The number of hydrogen-bond donors (Lipinski definition) is 1. The maximum absolute atomic E-state index is 12.7. The number of carbonyl (C=O) groups is 2. The summed E-state index contributed by atoms with van der Waals surface area (Å²) in [5.41, 5.74) is 0.817. The first-order chi connectivity index (χ1) is 10.8. The average Bonchev–Trinajstić information content (AvgIpc) is 2.84. The normalized spacial score (nSPS) is 16.3. The Balaban J connectivity index is 2.20. The maximum atomic E-state index is 12.7. The Bertz CT molecular complexity index is 598. The molecule has 2 heterocycles. The van der Waals surface area contributed by atoms with E-state index in [0.717, 1.165) is 12.1 Å². The predicted octanol–water partition coefficient (Wildman–Crippen LogP) is 2.49. The van der Waals surface area contributed by atoms with Crippen molar-refractivity contribution in [1.82, 2.24) is 14.9 Å². The molecule has 6 heteroatoms. The molecule has 1 aliphatic heterocycles. The van der Waals surface area contributed by atoms with Crippen molar-refractivity contribution >= 4 is 17.6 Å². The average molecular weight is 318 g/mol. The van der Waals surface area contributed by atoms with Crippen LogP contribution in [0.25, 0.3) is 0 Å². The van der Waals surface area contributed by atoms with Crippen LogP contribution in [0.1, 0.15) is 58.0 Å². The Hall–Kier alpha value is -1.98. The smallest absolute Gasteiger partial charge is 0.248 e. The Morgan fingerprint density at radius 1 is 1.26 bits per heavy atom. The number of aryl methyl sites for hydroxylation is 1. The lowest BCUT2D eigenvalue weighted by Crippen LogP contribution is -2.48. The van der Waals surface area contributed by atoms with Crippen LogP contribution in [-0.4, -0.2) is 39.3 Å². The van der Waals surface area contributed by atoms with Gasteiger partial charge in [-0.2, -0.15) is 0 Å². The van der Waals surface area contributed by atoms with Crippen LogP contribution in [0, 0.1) is 12.8 Å². The standard InChI is InChI=1S/C17H26N4O2/c1-10(2)15(21-8-6-7-14(21)22)17(23)20-13-9-12(5)18-16(19-13)11(3)4/h9-11,15H,6-8H2,1-5H3,(H,18,19,20,23). The topological polar surface area (TPSA) is 75.2 Å². The van der Waals surface area contributed by atoms with Crippen LogP contribution in [-0.2, 0) is 9.59 Å². The summed E-state index contributed by atoms with van der Waals surface area (Å²) in [7, 11) is 0. The number of nitrogens with one attached hydrogen (secondary N) is 1. The molecule has 0 aliphatic carbocycles. The van der Waals surface area contributed by atoms with Gasteiger partial charge in [0.2, 0.25) is 11.8 Å². The quantitative estimate of drug-likeness (QED) is 0.905. The van der Waals surface area contributed by atoms with Gasteiger partial charge < -0.3 is 10.2 Å². The maximum Gasteiger partial charge on any atom is 0.248 e. The summed E-state index contributed by atoms with van der Waals surface area (Å²) in [6.45, 7) is 10.5. The largest absolute Gasteiger partial charge is 0.330 e. The molecule has 0 radical (unpaired) electrons. The van der Waals surface area contributed by atoms with Gasteiger partial charge in [-0.25, -0.2) is 9.97 Å². The summed E-state index contributed by atoms with van der Waals surface area (Å²) in [6.07, 6.45) is 1.35. The Labute approximate surface area is 137 Å². The highest BCUT2D eigenvalue weighted by Gasteiger charge is 2.35. The van der Waals surface area contributed by atoms with E-state index in [2.05, 4.69) is 15.3 Å². The van der Waals surface area contributed by atoms with Crippen LogP contribution in [0.3, 0.4) is 0 Å². The van der Waals surface area contributed by atoms with Gasteiger partial charge in [0.1, 0.15) is 17.7 Å². The van der Waals surface area contributed by atoms with Crippen molar-refractivity contribution in [2.75, 3.05) is 11.9 Å². The van der Waals surface area contributed by atoms with E-state index in [9.17, 15) is 9.59 Å². The number of rotatable bonds is 5.